The average Bonchev–Trinajstić information content (AvgIpc) is 2.74. The van der Waals surface area contributed by atoms with Crippen molar-refractivity contribution in [3.05, 3.63) is 54.6 Å². The molecule has 16 heavy (non-hydrogen) atoms. The van der Waals surface area contributed by atoms with Gasteiger partial charge in [-0.25, -0.2) is 14.1 Å². The maximum atomic E-state index is 12.8. The molecule has 2 heterocycles. The van der Waals surface area contributed by atoms with Crippen molar-refractivity contribution in [2.75, 3.05) is 0 Å². The first-order chi connectivity index (χ1) is 7.84. The number of halogens is 1. The molecule has 0 aliphatic rings. The van der Waals surface area contributed by atoms with Gasteiger partial charge in [0.15, 0.2) is 5.65 Å². The number of hydrogen-bond donors (Lipinski definition) is 0. The summed E-state index contributed by atoms with van der Waals surface area (Å²) in [5, 5.41) is 5.19. The van der Waals surface area contributed by atoms with Crippen LogP contribution in [0.25, 0.3) is 16.7 Å². The summed E-state index contributed by atoms with van der Waals surface area (Å²) in [4.78, 5) is 4.25. The third-order valence-electron chi connectivity index (χ3n) is 2.40. The van der Waals surface area contributed by atoms with E-state index in [1.807, 2.05) is 12.1 Å². The van der Waals surface area contributed by atoms with Crippen LogP contribution >= 0.6 is 0 Å². The summed E-state index contributed by atoms with van der Waals surface area (Å²) >= 11 is 0. The fourth-order valence-corrected chi connectivity index (χ4v) is 1.63. The van der Waals surface area contributed by atoms with Crippen molar-refractivity contribution in [2.24, 2.45) is 0 Å². The van der Waals surface area contributed by atoms with E-state index in [9.17, 15) is 4.39 Å². The molecule has 0 N–H and O–H groups in total. The third kappa shape index (κ3) is 1.35. The van der Waals surface area contributed by atoms with E-state index < -0.39 is 0 Å². The first-order valence-electron chi connectivity index (χ1n) is 4.89. The van der Waals surface area contributed by atoms with E-state index in [-0.39, 0.29) is 5.82 Å². The van der Waals surface area contributed by atoms with Crippen LogP contribution in [0.2, 0.25) is 0 Å². The lowest BCUT2D eigenvalue weighted by Crippen LogP contribution is -1.96. The van der Waals surface area contributed by atoms with E-state index >= 15 is 0 Å². The summed E-state index contributed by atoms with van der Waals surface area (Å²) < 4.78 is 14.5. The number of pyridine rings is 1. The molecule has 3 aromatic rings. The van der Waals surface area contributed by atoms with Crippen LogP contribution in [-0.2, 0) is 0 Å². The first kappa shape index (κ1) is 9.03. The van der Waals surface area contributed by atoms with Gasteiger partial charge in [0.25, 0.3) is 0 Å². The Morgan fingerprint density at radius 3 is 2.69 bits per heavy atom. The Kier molecular flexibility index (Phi) is 1.93. The minimum absolute atomic E-state index is 0.256. The Hall–Kier alpha value is -2.23. The molecule has 0 aliphatic heterocycles. The maximum absolute atomic E-state index is 12.8. The SMILES string of the molecule is Fc1ccc(-n2ncc3cccnc32)cc1. The molecule has 0 spiro atoms. The standard InChI is InChI=1S/C12H8FN3/c13-10-3-5-11(6-4-10)16-12-9(8-15-16)2-1-7-14-12/h1-8H. The molecule has 2 aromatic heterocycles. The van der Waals surface area contributed by atoms with E-state index in [0.717, 1.165) is 16.7 Å². The zero-order chi connectivity index (χ0) is 11.0. The molecule has 0 unspecified atom stereocenters. The monoisotopic (exact) mass is 213 g/mol. The smallest absolute Gasteiger partial charge is 0.162 e. The highest BCUT2D eigenvalue weighted by molar-refractivity contribution is 5.75. The molecule has 0 atom stereocenters. The number of benzene rings is 1. The van der Waals surface area contributed by atoms with Crippen LogP contribution in [0.1, 0.15) is 0 Å². The second-order valence-corrected chi connectivity index (χ2v) is 3.45. The molecular formula is C12H8FN3. The van der Waals surface area contributed by atoms with Crippen LogP contribution in [0.15, 0.2) is 48.8 Å². The fourth-order valence-electron chi connectivity index (χ4n) is 1.63. The molecule has 3 rings (SSSR count). The normalized spacial score (nSPS) is 10.8. The second-order valence-electron chi connectivity index (χ2n) is 3.45. The summed E-state index contributed by atoms with van der Waals surface area (Å²) in [6.07, 6.45) is 3.45. The number of nitrogens with zero attached hydrogens (tertiary/aromatic N) is 3. The van der Waals surface area contributed by atoms with Gasteiger partial charge >= 0.3 is 0 Å². The van der Waals surface area contributed by atoms with E-state index in [1.165, 1.54) is 12.1 Å². The predicted molar refractivity (Wildman–Crippen MR) is 58.8 cm³/mol. The molecule has 1 aromatic carbocycles. The molecular weight excluding hydrogens is 205 g/mol. The minimum atomic E-state index is -0.256. The van der Waals surface area contributed by atoms with Gasteiger partial charge in [0.05, 0.1) is 11.9 Å². The van der Waals surface area contributed by atoms with Crippen molar-refractivity contribution in [3.63, 3.8) is 0 Å². The highest BCUT2D eigenvalue weighted by Crippen LogP contribution is 2.15. The van der Waals surface area contributed by atoms with Crippen LogP contribution < -0.4 is 0 Å². The van der Waals surface area contributed by atoms with Crippen LogP contribution in [-0.4, -0.2) is 14.8 Å². The second kappa shape index (κ2) is 3.41. The fraction of sp³-hybridized carbons (Fsp3) is 0. The predicted octanol–water partition coefficient (Wildman–Crippen LogP) is 2.56. The zero-order valence-corrected chi connectivity index (χ0v) is 8.34. The Labute approximate surface area is 91.2 Å². The molecule has 0 bridgehead atoms. The maximum Gasteiger partial charge on any atom is 0.162 e. The van der Waals surface area contributed by atoms with Crippen molar-refractivity contribution in [3.8, 4) is 5.69 Å². The highest BCUT2D eigenvalue weighted by Gasteiger charge is 2.04. The summed E-state index contributed by atoms with van der Waals surface area (Å²) in [5.74, 6) is -0.256. The molecule has 78 valence electrons. The topological polar surface area (TPSA) is 30.7 Å². The number of fused-ring (bicyclic) bond motifs is 1. The van der Waals surface area contributed by atoms with Crippen molar-refractivity contribution in [1.29, 1.82) is 0 Å². The Bertz CT molecular complexity index is 628. The average molecular weight is 213 g/mol. The van der Waals surface area contributed by atoms with Crippen molar-refractivity contribution in [1.82, 2.24) is 14.8 Å². The van der Waals surface area contributed by atoms with Crippen molar-refractivity contribution in [2.45, 2.75) is 0 Å². The lowest BCUT2D eigenvalue weighted by atomic mass is 10.3. The van der Waals surface area contributed by atoms with Crippen molar-refractivity contribution >= 4 is 11.0 Å². The van der Waals surface area contributed by atoms with Crippen LogP contribution in [0.5, 0.6) is 0 Å². The lowest BCUT2D eigenvalue weighted by molar-refractivity contribution is 0.627. The van der Waals surface area contributed by atoms with Gasteiger partial charge in [-0.15, -0.1) is 0 Å². The van der Waals surface area contributed by atoms with Gasteiger partial charge < -0.3 is 0 Å². The molecule has 0 saturated heterocycles. The summed E-state index contributed by atoms with van der Waals surface area (Å²) in [5.41, 5.74) is 1.57. The first-order valence-corrected chi connectivity index (χ1v) is 4.89. The summed E-state index contributed by atoms with van der Waals surface area (Å²) in [6.45, 7) is 0. The van der Waals surface area contributed by atoms with Gasteiger partial charge in [-0.3, -0.25) is 0 Å². The number of aromatic nitrogens is 3. The Balaban J connectivity index is 2.22. The minimum Gasteiger partial charge on any atom is -0.237 e. The van der Waals surface area contributed by atoms with Crippen LogP contribution in [0, 0.1) is 5.82 Å². The summed E-state index contributed by atoms with van der Waals surface area (Å²) in [7, 11) is 0. The Morgan fingerprint density at radius 2 is 1.88 bits per heavy atom. The van der Waals surface area contributed by atoms with Crippen molar-refractivity contribution < 1.29 is 4.39 Å². The Morgan fingerprint density at radius 1 is 1.06 bits per heavy atom. The van der Waals surface area contributed by atoms with Gasteiger partial charge in [-0.2, -0.15) is 5.10 Å². The highest BCUT2D eigenvalue weighted by atomic mass is 19.1. The molecule has 0 radical (unpaired) electrons. The molecule has 0 saturated carbocycles. The number of hydrogen-bond acceptors (Lipinski definition) is 2. The van der Waals surface area contributed by atoms with Gasteiger partial charge in [0, 0.05) is 11.6 Å². The molecule has 3 nitrogen and oxygen atoms in total. The largest absolute Gasteiger partial charge is 0.237 e. The van der Waals surface area contributed by atoms with E-state index in [0.29, 0.717) is 0 Å². The van der Waals surface area contributed by atoms with Crippen LogP contribution in [0.4, 0.5) is 4.39 Å². The number of rotatable bonds is 1. The lowest BCUT2D eigenvalue weighted by Gasteiger charge is -2.01. The van der Waals surface area contributed by atoms with E-state index in [2.05, 4.69) is 10.1 Å². The molecule has 4 heteroatoms. The van der Waals surface area contributed by atoms with E-state index in [4.69, 9.17) is 0 Å². The zero-order valence-electron chi connectivity index (χ0n) is 8.34. The van der Waals surface area contributed by atoms with Gasteiger partial charge in [0.2, 0.25) is 0 Å². The van der Waals surface area contributed by atoms with Gasteiger partial charge in [-0.05, 0) is 36.4 Å². The third-order valence-corrected chi connectivity index (χ3v) is 2.40. The molecule has 0 fully saturated rings. The summed E-state index contributed by atoms with van der Waals surface area (Å²) in [6, 6.07) is 9.97. The molecule has 0 amide bonds. The van der Waals surface area contributed by atoms with Gasteiger partial charge in [0.1, 0.15) is 5.82 Å². The van der Waals surface area contributed by atoms with E-state index in [1.54, 1.807) is 29.2 Å². The van der Waals surface area contributed by atoms with Crippen LogP contribution in [0.3, 0.4) is 0 Å². The molecule has 0 aliphatic carbocycles. The quantitative estimate of drug-likeness (QED) is 0.622. The van der Waals surface area contributed by atoms with Gasteiger partial charge in [-0.1, -0.05) is 0 Å².